The van der Waals surface area contributed by atoms with Crippen LogP contribution in [0.15, 0.2) is 6.07 Å². The van der Waals surface area contributed by atoms with Crippen LogP contribution >= 0.6 is 11.6 Å². The van der Waals surface area contributed by atoms with Crippen molar-refractivity contribution in [2.75, 3.05) is 33.1 Å². The molecule has 0 atom stereocenters. The maximum absolute atomic E-state index is 11.9. The highest BCUT2D eigenvalue weighted by Gasteiger charge is 2.16. The van der Waals surface area contributed by atoms with Crippen LogP contribution in [-0.2, 0) is 0 Å². The van der Waals surface area contributed by atoms with E-state index < -0.39 is 0 Å². The fourth-order valence-electron chi connectivity index (χ4n) is 1.26. The molecule has 0 aliphatic rings. The summed E-state index contributed by atoms with van der Waals surface area (Å²) in [6, 6.07) is 1.75. The minimum absolute atomic E-state index is 0.0649. The average Bonchev–Trinajstić information content (AvgIpc) is 2.20. The molecule has 1 aromatic heterocycles. The lowest BCUT2D eigenvalue weighted by molar-refractivity contribution is 0.0827. The maximum Gasteiger partial charge on any atom is 0.253 e. The predicted octanol–water partition coefficient (Wildman–Crippen LogP) is 1.81. The van der Waals surface area contributed by atoms with E-state index in [-0.39, 0.29) is 5.91 Å². The van der Waals surface area contributed by atoms with Crippen LogP contribution in [0.2, 0.25) is 5.15 Å². The Morgan fingerprint density at radius 3 is 2.31 bits per heavy atom. The van der Waals surface area contributed by atoms with Gasteiger partial charge in [-0.2, -0.15) is 0 Å². The molecule has 0 saturated heterocycles. The summed E-state index contributed by atoms with van der Waals surface area (Å²) in [6.45, 7) is 1.80. The number of rotatable bonds is 2. The van der Waals surface area contributed by atoms with Crippen molar-refractivity contribution in [1.82, 2.24) is 9.88 Å². The van der Waals surface area contributed by atoms with Gasteiger partial charge in [-0.15, -0.1) is 0 Å². The van der Waals surface area contributed by atoms with Crippen LogP contribution in [0.1, 0.15) is 15.9 Å². The molecule has 0 saturated carbocycles. The van der Waals surface area contributed by atoms with E-state index in [1.807, 2.05) is 19.0 Å². The van der Waals surface area contributed by atoms with Crippen LogP contribution < -0.4 is 4.90 Å². The molecule has 5 heteroatoms. The molecule has 0 aliphatic heterocycles. The predicted molar refractivity (Wildman–Crippen MR) is 66.3 cm³/mol. The SMILES string of the molecule is Cc1c(C(=O)N(C)C)cc(N(C)C)nc1Cl. The van der Waals surface area contributed by atoms with Gasteiger partial charge in [-0.1, -0.05) is 11.6 Å². The Hall–Kier alpha value is -1.29. The number of carbonyl (C=O) groups excluding carboxylic acids is 1. The normalized spacial score (nSPS) is 10.1. The molecule has 0 N–H and O–H groups in total. The second-order valence-corrected chi connectivity index (χ2v) is 4.40. The molecule has 0 spiro atoms. The topological polar surface area (TPSA) is 36.4 Å². The molecule has 1 rings (SSSR count). The fourth-order valence-corrected chi connectivity index (χ4v) is 1.45. The first kappa shape index (κ1) is 12.8. The number of anilines is 1. The Morgan fingerprint density at radius 2 is 1.88 bits per heavy atom. The highest BCUT2D eigenvalue weighted by atomic mass is 35.5. The Bertz CT molecular complexity index is 416. The summed E-state index contributed by atoms with van der Waals surface area (Å²) in [6.07, 6.45) is 0. The minimum atomic E-state index is -0.0649. The van der Waals surface area contributed by atoms with E-state index in [0.717, 1.165) is 0 Å². The molecule has 16 heavy (non-hydrogen) atoms. The second-order valence-electron chi connectivity index (χ2n) is 4.04. The summed E-state index contributed by atoms with van der Waals surface area (Å²) < 4.78 is 0. The molecule has 1 amide bonds. The first-order chi connectivity index (χ1) is 7.34. The van der Waals surface area contributed by atoms with Gasteiger partial charge in [0.05, 0.1) is 0 Å². The van der Waals surface area contributed by atoms with Crippen molar-refractivity contribution in [2.45, 2.75) is 6.92 Å². The van der Waals surface area contributed by atoms with Crippen molar-refractivity contribution < 1.29 is 4.79 Å². The summed E-state index contributed by atoms with van der Waals surface area (Å²) in [5.74, 6) is 0.616. The summed E-state index contributed by atoms with van der Waals surface area (Å²) in [5.41, 5.74) is 1.31. The fraction of sp³-hybridized carbons (Fsp3) is 0.455. The third kappa shape index (κ3) is 2.44. The molecule has 0 unspecified atom stereocenters. The van der Waals surface area contributed by atoms with Crippen LogP contribution in [0.4, 0.5) is 5.82 Å². The van der Waals surface area contributed by atoms with Crippen LogP contribution in [0, 0.1) is 6.92 Å². The molecular formula is C11H16ClN3O. The van der Waals surface area contributed by atoms with Gasteiger partial charge < -0.3 is 9.80 Å². The number of carbonyl (C=O) groups is 1. The Morgan fingerprint density at radius 1 is 1.31 bits per heavy atom. The molecular weight excluding hydrogens is 226 g/mol. The van der Waals surface area contributed by atoms with Gasteiger partial charge in [0.2, 0.25) is 0 Å². The lowest BCUT2D eigenvalue weighted by atomic mass is 10.1. The first-order valence-electron chi connectivity index (χ1n) is 4.90. The number of pyridine rings is 1. The second kappa shape index (κ2) is 4.70. The number of hydrogen-bond donors (Lipinski definition) is 0. The third-order valence-electron chi connectivity index (χ3n) is 2.29. The van der Waals surface area contributed by atoms with Crippen molar-refractivity contribution in [3.63, 3.8) is 0 Å². The molecule has 88 valence electrons. The summed E-state index contributed by atoms with van der Waals surface area (Å²) in [4.78, 5) is 19.5. The van der Waals surface area contributed by atoms with E-state index in [0.29, 0.717) is 22.1 Å². The van der Waals surface area contributed by atoms with E-state index in [9.17, 15) is 4.79 Å². The van der Waals surface area contributed by atoms with Crippen LogP contribution in [-0.4, -0.2) is 44.0 Å². The zero-order valence-electron chi connectivity index (χ0n) is 10.2. The highest BCUT2D eigenvalue weighted by molar-refractivity contribution is 6.30. The zero-order chi connectivity index (χ0) is 12.5. The van der Waals surface area contributed by atoms with Crippen LogP contribution in [0.25, 0.3) is 0 Å². The minimum Gasteiger partial charge on any atom is -0.363 e. The van der Waals surface area contributed by atoms with Gasteiger partial charge in [-0.05, 0) is 18.6 Å². The van der Waals surface area contributed by atoms with Gasteiger partial charge in [0.1, 0.15) is 11.0 Å². The van der Waals surface area contributed by atoms with E-state index in [1.165, 1.54) is 4.90 Å². The van der Waals surface area contributed by atoms with Crippen molar-refractivity contribution in [2.24, 2.45) is 0 Å². The summed E-state index contributed by atoms with van der Waals surface area (Å²) >= 11 is 6.00. The van der Waals surface area contributed by atoms with Crippen molar-refractivity contribution >= 4 is 23.3 Å². The number of hydrogen-bond acceptors (Lipinski definition) is 3. The molecule has 0 fully saturated rings. The Balaban J connectivity index is 3.32. The quantitative estimate of drug-likeness (QED) is 0.741. The van der Waals surface area contributed by atoms with E-state index in [4.69, 9.17) is 11.6 Å². The van der Waals surface area contributed by atoms with Gasteiger partial charge >= 0.3 is 0 Å². The first-order valence-corrected chi connectivity index (χ1v) is 5.28. The van der Waals surface area contributed by atoms with Crippen LogP contribution in [0.3, 0.4) is 0 Å². The van der Waals surface area contributed by atoms with E-state index in [2.05, 4.69) is 4.98 Å². The molecule has 4 nitrogen and oxygen atoms in total. The average molecular weight is 242 g/mol. The van der Waals surface area contributed by atoms with Gasteiger partial charge in [0.15, 0.2) is 0 Å². The summed E-state index contributed by atoms with van der Waals surface area (Å²) in [5, 5.41) is 0.372. The van der Waals surface area contributed by atoms with Crippen molar-refractivity contribution in [3.05, 3.63) is 22.3 Å². The molecule has 0 aliphatic carbocycles. The standard InChI is InChI=1S/C11H16ClN3O/c1-7-8(11(16)15(4)5)6-9(14(2)3)13-10(7)12/h6H,1-5H3. The molecule has 1 heterocycles. The lowest BCUT2D eigenvalue weighted by Crippen LogP contribution is -2.23. The highest BCUT2D eigenvalue weighted by Crippen LogP contribution is 2.22. The molecule has 0 radical (unpaired) electrons. The maximum atomic E-state index is 11.9. The van der Waals surface area contributed by atoms with Crippen LogP contribution in [0.5, 0.6) is 0 Å². The molecule has 1 aromatic rings. The Labute approximate surface area is 101 Å². The molecule has 0 bridgehead atoms. The Kier molecular flexibility index (Phi) is 3.75. The molecule has 0 aromatic carbocycles. The zero-order valence-corrected chi connectivity index (χ0v) is 11.0. The van der Waals surface area contributed by atoms with Gasteiger partial charge in [-0.3, -0.25) is 4.79 Å². The lowest BCUT2D eigenvalue weighted by Gasteiger charge is -2.17. The van der Waals surface area contributed by atoms with Gasteiger partial charge in [-0.25, -0.2) is 4.98 Å². The van der Waals surface area contributed by atoms with E-state index >= 15 is 0 Å². The number of nitrogens with zero attached hydrogens (tertiary/aromatic N) is 3. The van der Waals surface area contributed by atoms with Gasteiger partial charge in [0, 0.05) is 33.8 Å². The smallest absolute Gasteiger partial charge is 0.253 e. The number of amides is 1. The third-order valence-corrected chi connectivity index (χ3v) is 2.66. The van der Waals surface area contributed by atoms with Crippen molar-refractivity contribution in [3.8, 4) is 0 Å². The summed E-state index contributed by atoms with van der Waals surface area (Å²) in [7, 11) is 7.15. The monoisotopic (exact) mass is 241 g/mol. The largest absolute Gasteiger partial charge is 0.363 e. The number of halogens is 1. The van der Waals surface area contributed by atoms with Gasteiger partial charge in [0.25, 0.3) is 5.91 Å². The number of aromatic nitrogens is 1. The van der Waals surface area contributed by atoms with E-state index in [1.54, 1.807) is 27.1 Å². The van der Waals surface area contributed by atoms with Crippen molar-refractivity contribution in [1.29, 1.82) is 0 Å².